The molecule has 5 heteroatoms. The molecule has 2 N–H and O–H groups in total. The van der Waals surface area contributed by atoms with Gasteiger partial charge in [0.2, 0.25) is 0 Å². The van der Waals surface area contributed by atoms with Crippen molar-refractivity contribution in [1.82, 2.24) is 10.2 Å². The first-order valence-corrected chi connectivity index (χ1v) is 8.00. The number of piperidine rings is 1. The number of hydrogen-bond acceptors (Lipinski definition) is 3. The van der Waals surface area contributed by atoms with Crippen LogP contribution in [0.15, 0.2) is 18.2 Å². The van der Waals surface area contributed by atoms with E-state index in [0.29, 0.717) is 18.3 Å². The Morgan fingerprint density at radius 2 is 2.23 bits per heavy atom. The van der Waals surface area contributed by atoms with Crippen LogP contribution < -0.4 is 15.4 Å². The molecule has 5 nitrogen and oxygen atoms in total. The predicted octanol–water partition coefficient (Wildman–Crippen LogP) is 3.00. The Morgan fingerprint density at radius 3 is 2.91 bits per heavy atom. The average Bonchev–Trinajstić information content (AvgIpc) is 2.46. The minimum Gasteiger partial charge on any atom is -0.492 e. The van der Waals surface area contributed by atoms with Gasteiger partial charge in [0.05, 0.1) is 12.3 Å². The number of nitrogens with one attached hydrogen (secondary N) is 2. The summed E-state index contributed by atoms with van der Waals surface area (Å²) in [6.45, 7) is 7.73. The van der Waals surface area contributed by atoms with Crippen molar-refractivity contribution >= 4 is 11.7 Å². The van der Waals surface area contributed by atoms with Crippen molar-refractivity contribution in [3.8, 4) is 5.75 Å². The SMILES string of the molecule is CCOc1cc(C)ccc1NC(=O)N[C@H]1CCN(C)[C@@H](C)C1. The molecular weight excluding hydrogens is 278 g/mol. The van der Waals surface area contributed by atoms with Gasteiger partial charge in [-0.1, -0.05) is 6.07 Å². The van der Waals surface area contributed by atoms with Gasteiger partial charge in [0.1, 0.15) is 5.75 Å². The topological polar surface area (TPSA) is 53.6 Å². The third-order valence-corrected chi connectivity index (χ3v) is 4.23. The third kappa shape index (κ3) is 4.37. The number of amides is 2. The normalized spacial score (nSPS) is 22.2. The van der Waals surface area contributed by atoms with E-state index in [0.717, 1.165) is 30.7 Å². The maximum atomic E-state index is 12.2. The quantitative estimate of drug-likeness (QED) is 0.899. The first-order chi connectivity index (χ1) is 10.5. The van der Waals surface area contributed by atoms with Crippen LogP contribution in [-0.4, -0.2) is 43.2 Å². The molecule has 0 saturated carbocycles. The zero-order valence-corrected chi connectivity index (χ0v) is 14.0. The molecule has 1 fully saturated rings. The largest absolute Gasteiger partial charge is 0.492 e. The zero-order chi connectivity index (χ0) is 16.1. The fraction of sp³-hybridized carbons (Fsp3) is 0.588. The monoisotopic (exact) mass is 305 g/mol. The maximum absolute atomic E-state index is 12.2. The molecule has 0 unspecified atom stereocenters. The Morgan fingerprint density at radius 1 is 1.45 bits per heavy atom. The second-order valence-electron chi connectivity index (χ2n) is 6.08. The van der Waals surface area contributed by atoms with Crippen LogP contribution in [0.2, 0.25) is 0 Å². The summed E-state index contributed by atoms with van der Waals surface area (Å²) in [5.74, 6) is 0.717. The Hall–Kier alpha value is -1.75. The van der Waals surface area contributed by atoms with Crippen LogP contribution >= 0.6 is 0 Å². The Balaban J connectivity index is 1.94. The van der Waals surface area contributed by atoms with Gasteiger partial charge in [0.15, 0.2) is 0 Å². The van der Waals surface area contributed by atoms with Crippen LogP contribution in [0.4, 0.5) is 10.5 Å². The van der Waals surface area contributed by atoms with Crippen LogP contribution in [0.25, 0.3) is 0 Å². The number of anilines is 1. The zero-order valence-electron chi connectivity index (χ0n) is 14.0. The molecule has 0 bridgehead atoms. The minimum atomic E-state index is -0.161. The number of urea groups is 1. The summed E-state index contributed by atoms with van der Waals surface area (Å²) in [5.41, 5.74) is 1.82. The van der Waals surface area contributed by atoms with Crippen molar-refractivity contribution in [3.05, 3.63) is 23.8 Å². The molecule has 1 heterocycles. The molecule has 0 aromatic heterocycles. The van der Waals surface area contributed by atoms with Gasteiger partial charge in [-0.3, -0.25) is 0 Å². The van der Waals surface area contributed by atoms with Gasteiger partial charge in [-0.2, -0.15) is 0 Å². The van der Waals surface area contributed by atoms with E-state index in [9.17, 15) is 4.79 Å². The summed E-state index contributed by atoms with van der Waals surface area (Å²) in [4.78, 5) is 14.5. The fourth-order valence-corrected chi connectivity index (χ4v) is 2.77. The van der Waals surface area contributed by atoms with Crippen LogP contribution in [0.5, 0.6) is 5.75 Å². The standard InChI is InChI=1S/C17H27N3O2/c1-5-22-16-10-12(2)6-7-15(16)19-17(21)18-14-8-9-20(4)13(3)11-14/h6-7,10,13-14H,5,8-9,11H2,1-4H3,(H2,18,19,21)/t13-,14-/m0/s1. The van der Waals surface area contributed by atoms with Gasteiger partial charge < -0.3 is 20.3 Å². The Bertz CT molecular complexity index is 519. The highest BCUT2D eigenvalue weighted by Gasteiger charge is 2.24. The van der Waals surface area contributed by atoms with E-state index < -0.39 is 0 Å². The van der Waals surface area contributed by atoms with Crippen molar-refractivity contribution < 1.29 is 9.53 Å². The molecule has 0 radical (unpaired) electrons. The van der Waals surface area contributed by atoms with Gasteiger partial charge >= 0.3 is 6.03 Å². The summed E-state index contributed by atoms with van der Waals surface area (Å²) in [7, 11) is 2.13. The fourth-order valence-electron chi connectivity index (χ4n) is 2.77. The first-order valence-electron chi connectivity index (χ1n) is 8.00. The lowest BCUT2D eigenvalue weighted by molar-refractivity contribution is 0.170. The molecule has 2 amide bonds. The van der Waals surface area contributed by atoms with Crippen LogP contribution in [-0.2, 0) is 0 Å². The second kappa shape index (κ2) is 7.49. The van der Waals surface area contributed by atoms with E-state index in [2.05, 4.69) is 29.5 Å². The number of hydrogen-bond donors (Lipinski definition) is 2. The first kappa shape index (κ1) is 16.6. The van der Waals surface area contributed by atoms with Crippen molar-refractivity contribution in [2.75, 3.05) is 25.5 Å². The molecule has 2 rings (SSSR count). The summed E-state index contributed by atoms with van der Waals surface area (Å²) in [6, 6.07) is 6.36. The van der Waals surface area contributed by atoms with E-state index in [1.807, 2.05) is 32.0 Å². The number of carbonyl (C=O) groups excluding carboxylic acids is 1. The Kier molecular flexibility index (Phi) is 5.66. The van der Waals surface area contributed by atoms with Crippen LogP contribution in [0.3, 0.4) is 0 Å². The summed E-state index contributed by atoms with van der Waals surface area (Å²) >= 11 is 0. The van der Waals surface area contributed by atoms with E-state index in [1.54, 1.807) is 0 Å². The lowest BCUT2D eigenvalue weighted by atomic mass is 9.99. The van der Waals surface area contributed by atoms with Gasteiger partial charge in [-0.25, -0.2) is 4.79 Å². The Labute approximate surface area is 133 Å². The number of ether oxygens (including phenoxy) is 1. The molecule has 0 aliphatic carbocycles. The smallest absolute Gasteiger partial charge is 0.319 e. The van der Waals surface area contributed by atoms with Gasteiger partial charge in [-0.05, 0) is 58.4 Å². The molecule has 0 spiro atoms. The van der Waals surface area contributed by atoms with Crippen LogP contribution in [0.1, 0.15) is 32.3 Å². The van der Waals surface area contributed by atoms with Crippen molar-refractivity contribution in [2.45, 2.75) is 45.7 Å². The third-order valence-electron chi connectivity index (χ3n) is 4.23. The highest BCUT2D eigenvalue weighted by molar-refractivity contribution is 5.91. The lowest BCUT2D eigenvalue weighted by Gasteiger charge is -2.35. The molecule has 1 aliphatic rings. The molecule has 1 saturated heterocycles. The van der Waals surface area contributed by atoms with E-state index in [4.69, 9.17) is 4.74 Å². The second-order valence-corrected chi connectivity index (χ2v) is 6.08. The highest BCUT2D eigenvalue weighted by atomic mass is 16.5. The molecule has 1 aromatic rings. The number of nitrogens with zero attached hydrogens (tertiary/aromatic N) is 1. The van der Waals surface area contributed by atoms with E-state index >= 15 is 0 Å². The van der Waals surface area contributed by atoms with Gasteiger partial charge in [0.25, 0.3) is 0 Å². The highest BCUT2D eigenvalue weighted by Crippen LogP contribution is 2.26. The maximum Gasteiger partial charge on any atom is 0.319 e. The number of benzene rings is 1. The molecule has 1 aromatic carbocycles. The molecule has 1 aliphatic heterocycles. The van der Waals surface area contributed by atoms with Crippen molar-refractivity contribution in [3.63, 3.8) is 0 Å². The molecule has 22 heavy (non-hydrogen) atoms. The minimum absolute atomic E-state index is 0.161. The van der Waals surface area contributed by atoms with Crippen molar-refractivity contribution in [2.24, 2.45) is 0 Å². The van der Waals surface area contributed by atoms with Crippen LogP contribution in [0, 0.1) is 6.92 Å². The van der Waals surface area contributed by atoms with Gasteiger partial charge in [-0.15, -0.1) is 0 Å². The summed E-state index contributed by atoms with van der Waals surface area (Å²) < 4.78 is 5.59. The predicted molar refractivity (Wildman–Crippen MR) is 89.6 cm³/mol. The number of rotatable bonds is 4. The number of aryl methyl sites for hydroxylation is 1. The van der Waals surface area contributed by atoms with E-state index in [-0.39, 0.29) is 12.1 Å². The number of likely N-dealkylation sites (tertiary alicyclic amines) is 1. The number of carbonyl (C=O) groups is 1. The summed E-state index contributed by atoms with van der Waals surface area (Å²) in [6.07, 6.45) is 1.97. The average molecular weight is 305 g/mol. The molecule has 2 atom stereocenters. The van der Waals surface area contributed by atoms with Gasteiger partial charge in [0, 0.05) is 18.6 Å². The van der Waals surface area contributed by atoms with E-state index in [1.165, 1.54) is 0 Å². The molecule has 122 valence electrons. The molecular formula is C17H27N3O2. The lowest BCUT2D eigenvalue weighted by Crippen LogP contribution is -2.48. The van der Waals surface area contributed by atoms with Crippen molar-refractivity contribution in [1.29, 1.82) is 0 Å². The summed E-state index contributed by atoms with van der Waals surface area (Å²) in [5, 5.41) is 5.98.